The summed E-state index contributed by atoms with van der Waals surface area (Å²) in [5, 5.41) is 14.5. The van der Waals surface area contributed by atoms with E-state index in [1.165, 1.54) is 5.56 Å². The molecule has 2 aromatic heterocycles. The van der Waals surface area contributed by atoms with Crippen LogP contribution in [0.5, 0.6) is 0 Å². The van der Waals surface area contributed by atoms with Crippen LogP contribution in [0, 0.1) is 0 Å². The van der Waals surface area contributed by atoms with Gasteiger partial charge in [-0.2, -0.15) is 5.10 Å². The molecule has 1 amide bonds. The molecule has 0 aliphatic carbocycles. The fourth-order valence-electron chi connectivity index (χ4n) is 2.28. The summed E-state index contributed by atoms with van der Waals surface area (Å²) in [7, 11) is 1.80. The van der Waals surface area contributed by atoms with Crippen LogP contribution in [0.25, 0.3) is 11.6 Å². The molecule has 0 saturated carbocycles. The molecular weight excluding hydrogens is 306 g/mol. The summed E-state index contributed by atoms with van der Waals surface area (Å²) in [5.41, 5.74) is 2.74. The average molecular weight is 325 g/mol. The first-order valence-electron chi connectivity index (χ1n) is 7.73. The molecule has 1 N–H and O–H groups in total. The molecule has 1 aromatic carbocycles. The Labute approximate surface area is 139 Å². The first-order chi connectivity index (χ1) is 11.5. The minimum atomic E-state index is -0.205. The highest BCUT2D eigenvalue weighted by atomic mass is 16.4. The largest absolute Gasteiger partial charge is 0.401 e. The second-order valence-electron chi connectivity index (χ2n) is 5.91. The molecule has 124 valence electrons. The van der Waals surface area contributed by atoms with E-state index in [2.05, 4.69) is 34.5 Å². The van der Waals surface area contributed by atoms with Crippen molar-refractivity contribution < 1.29 is 9.21 Å². The van der Waals surface area contributed by atoms with E-state index in [9.17, 15) is 4.79 Å². The molecule has 7 heteroatoms. The van der Waals surface area contributed by atoms with E-state index < -0.39 is 0 Å². The number of nitrogens with one attached hydrogen (secondary N) is 1. The number of hydrogen-bond donors (Lipinski definition) is 1. The zero-order chi connectivity index (χ0) is 17.1. The Morgan fingerprint density at radius 3 is 2.58 bits per heavy atom. The minimum absolute atomic E-state index is 0.0689. The maximum absolute atomic E-state index is 12.1. The second-order valence-corrected chi connectivity index (χ2v) is 5.91. The first-order valence-corrected chi connectivity index (χ1v) is 7.73. The van der Waals surface area contributed by atoms with Crippen molar-refractivity contribution >= 4 is 11.9 Å². The van der Waals surface area contributed by atoms with E-state index in [0.717, 1.165) is 5.56 Å². The van der Waals surface area contributed by atoms with Crippen LogP contribution in [-0.4, -0.2) is 25.9 Å². The zero-order valence-corrected chi connectivity index (χ0v) is 13.9. The Morgan fingerprint density at radius 1 is 1.21 bits per heavy atom. The normalized spacial score (nSPS) is 11.0. The van der Waals surface area contributed by atoms with Crippen molar-refractivity contribution in [2.45, 2.75) is 26.2 Å². The van der Waals surface area contributed by atoms with Crippen LogP contribution < -0.4 is 5.32 Å². The predicted molar refractivity (Wildman–Crippen MR) is 89.4 cm³/mol. The SMILES string of the molecule is CC(C)c1ccc(CC(=O)Nc2nnc(-c3ccn(C)n3)o2)cc1. The number of benzene rings is 1. The molecule has 24 heavy (non-hydrogen) atoms. The fourth-order valence-corrected chi connectivity index (χ4v) is 2.28. The smallest absolute Gasteiger partial charge is 0.322 e. The van der Waals surface area contributed by atoms with Gasteiger partial charge in [0.15, 0.2) is 0 Å². The lowest BCUT2D eigenvalue weighted by molar-refractivity contribution is -0.115. The molecule has 3 rings (SSSR count). The van der Waals surface area contributed by atoms with Crippen molar-refractivity contribution in [1.29, 1.82) is 0 Å². The molecule has 7 nitrogen and oxygen atoms in total. The van der Waals surface area contributed by atoms with Gasteiger partial charge in [0.25, 0.3) is 5.89 Å². The van der Waals surface area contributed by atoms with Gasteiger partial charge in [0.05, 0.1) is 6.42 Å². The summed E-state index contributed by atoms with van der Waals surface area (Å²) in [4.78, 5) is 12.1. The number of anilines is 1. The molecule has 0 aliphatic heterocycles. The lowest BCUT2D eigenvalue weighted by Gasteiger charge is -2.06. The van der Waals surface area contributed by atoms with E-state index in [1.54, 1.807) is 24.0 Å². The van der Waals surface area contributed by atoms with Gasteiger partial charge < -0.3 is 4.42 Å². The Morgan fingerprint density at radius 2 is 1.96 bits per heavy atom. The van der Waals surface area contributed by atoms with Gasteiger partial charge >= 0.3 is 6.01 Å². The number of rotatable bonds is 5. The molecule has 2 heterocycles. The topological polar surface area (TPSA) is 85.8 Å². The van der Waals surface area contributed by atoms with Gasteiger partial charge in [-0.05, 0) is 23.1 Å². The lowest BCUT2D eigenvalue weighted by atomic mass is 10.0. The summed E-state index contributed by atoms with van der Waals surface area (Å²) >= 11 is 0. The number of amides is 1. The third kappa shape index (κ3) is 3.68. The van der Waals surface area contributed by atoms with E-state index in [-0.39, 0.29) is 24.2 Å². The second kappa shape index (κ2) is 6.66. The van der Waals surface area contributed by atoms with Gasteiger partial charge in [0, 0.05) is 13.2 Å². The highest BCUT2D eigenvalue weighted by Gasteiger charge is 2.13. The zero-order valence-electron chi connectivity index (χ0n) is 13.9. The Kier molecular flexibility index (Phi) is 4.41. The minimum Gasteiger partial charge on any atom is -0.401 e. The van der Waals surface area contributed by atoms with Crippen LogP contribution in [0.1, 0.15) is 30.9 Å². The van der Waals surface area contributed by atoms with Crippen molar-refractivity contribution in [1.82, 2.24) is 20.0 Å². The summed E-state index contributed by atoms with van der Waals surface area (Å²) < 4.78 is 7.05. The van der Waals surface area contributed by atoms with E-state index in [4.69, 9.17) is 4.42 Å². The van der Waals surface area contributed by atoms with E-state index >= 15 is 0 Å². The maximum atomic E-state index is 12.1. The van der Waals surface area contributed by atoms with Crippen molar-refractivity contribution in [3.63, 3.8) is 0 Å². The van der Waals surface area contributed by atoms with Crippen LogP contribution >= 0.6 is 0 Å². The summed E-state index contributed by atoms with van der Waals surface area (Å²) in [6.07, 6.45) is 2.03. The molecule has 0 spiro atoms. The predicted octanol–water partition coefficient (Wildman–Crippen LogP) is 2.77. The third-order valence-corrected chi connectivity index (χ3v) is 3.62. The van der Waals surface area contributed by atoms with Crippen LogP contribution in [0.15, 0.2) is 40.9 Å². The summed E-state index contributed by atoms with van der Waals surface area (Å²) in [6.45, 7) is 4.27. The molecule has 0 bridgehead atoms. The van der Waals surface area contributed by atoms with E-state index in [0.29, 0.717) is 11.6 Å². The van der Waals surface area contributed by atoms with Gasteiger partial charge in [-0.1, -0.05) is 43.2 Å². The van der Waals surface area contributed by atoms with Crippen molar-refractivity contribution in [3.8, 4) is 11.6 Å². The Bertz CT molecular complexity index is 833. The van der Waals surface area contributed by atoms with Crippen LogP contribution in [0.4, 0.5) is 6.01 Å². The van der Waals surface area contributed by atoms with Crippen LogP contribution in [0.3, 0.4) is 0 Å². The molecular formula is C17H19N5O2. The summed E-state index contributed by atoms with van der Waals surface area (Å²) in [6, 6.07) is 9.83. The highest BCUT2D eigenvalue weighted by Crippen LogP contribution is 2.18. The van der Waals surface area contributed by atoms with Gasteiger partial charge in [-0.15, -0.1) is 5.10 Å². The number of aryl methyl sites for hydroxylation is 1. The highest BCUT2D eigenvalue weighted by molar-refractivity contribution is 5.90. The number of carbonyl (C=O) groups excluding carboxylic acids is 1. The molecule has 0 aliphatic rings. The van der Waals surface area contributed by atoms with Crippen molar-refractivity contribution in [3.05, 3.63) is 47.7 Å². The van der Waals surface area contributed by atoms with Gasteiger partial charge in [-0.3, -0.25) is 14.8 Å². The van der Waals surface area contributed by atoms with Crippen molar-refractivity contribution in [2.75, 3.05) is 5.32 Å². The first kappa shape index (κ1) is 15.9. The molecule has 0 saturated heterocycles. The molecule has 0 radical (unpaired) electrons. The number of aromatic nitrogens is 4. The standard InChI is InChI=1S/C17H19N5O2/c1-11(2)13-6-4-12(5-7-13)10-15(23)18-17-20-19-16(24-17)14-8-9-22(3)21-14/h4-9,11H,10H2,1-3H3,(H,18,20,23). The van der Waals surface area contributed by atoms with Gasteiger partial charge in [-0.25, -0.2) is 0 Å². The Balaban J connectivity index is 1.62. The third-order valence-electron chi connectivity index (χ3n) is 3.62. The number of hydrogen-bond acceptors (Lipinski definition) is 5. The average Bonchev–Trinajstić information content (AvgIpc) is 3.16. The fraction of sp³-hybridized carbons (Fsp3) is 0.294. The van der Waals surface area contributed by atoms with Crippen LogP contribution in [0.2, 0.25) is 0 Å². The molecule has 0 atom stereocenters. The van der Waals surface area contributed by atoms with Gasteiger partial charge in [0.2, 0.25) is 5.91 Å². The quantitative estimate of drug-likeness (QED) is 0.779. The van der Waals surface area contributed by atoms with E-state index in [1.807, 2.05) is 24.3 Å². The lowest BCUT2D eigenvalue weighted by Crippen LogP contribution is -2.14. The van der Waals surface area contributed by atoms with Crippen LogP contribution in [-0.2, 0) is 18.3 Å². The van der Waals surface area contributed by atoms with Gasteiger partial charge in [0.1, 0.15) is 5.69 Å². The monoisotopic (exact) mass is 325 g/mol. The summed E-state index contributed by atoms with van der Waals surface area (Å²) in [5.74, 6) is 0.534. The molecule has 3 aromatic rings. The molecule has 0 fully saturated rings. The Hall–Kier alpha value is -2.96. The number of nitrogens with zero attached hydrogens (tertiary/aromatic N) is 4. The molecule has 0 unspecified atom stereocenters. The number of carbonyl (C=O) groups is 1. The van der Waals surface area contributed by atoms with Crippen molar-refractivity contribution in [2.24, 2.45) is 7.05 Å². The maximum Gasteiger partial charge on any atom is 0.322 e.